The molecule has 0 fully saturated rings. The van der Waals surface area contributed by atoms with E-state index in [0.717, 1.165) is 0 Å². The SMILES string of the molecule is O=P(O)(O)[O][W](=[O])(=[O])[OH].O=S(=O)(O)O.[MgH2]. The van der Waals surface area contributed by atoms with Crippen molar-refractivity contribution in [3.63, 3.8) is 0 Å². The van der Waals surface area contributed by atoms with Crippen LogP contribution in [0.3, 0.4) is 0 Å². The molecular weight excluding hydrogens is 447 g/mol. The maximum absolute atomic E-state index is 9.61. The summed E-state index contributed by atoms with van der Waals surface area (Å²) in [6, 6.07) is 0. The quantitative estimate of drug-likeness (QED) is 0.164. The first kappa shape index (κ1) is 21.3. The van der Waals surface area contributed by atoms with Crippen molar-refractivity contribution in [2.24, 2.45) is 0 Å². The minimum atomic E-state index is -6.19. The monoisotopic (exact) mass is 454 g/mol. The van der Waals surface area contributed by atoms with E-state index in [1.807, 2.05) is 0 Å². The summed E-state index contributed by atoms with van der Waals surface area (Å²) in [6.07, 6.45) is 0. The second kappa shape index (κ2) is 7.35. The van der Waals surface area contributed by atoms with E-state index in [1.54, 1.807) is 0 Å². The van der Waals surface area contributed by atoms with E-state index in [4.69, 9.17) is 31.1 Å². The molecule has 0 bridgehead atoms. The summed E-state index contributed by atoms with van der Waals surface area (Å²) in [4.78, 5) is 15.5. The fourth-order valence-electron chi connectivity index (χ4n) is 0.123. The number of hydrogen-bond acceptors (Lipinski definition) is 6. The zero-order chi connectivity index (χ0) is 12.2. The van der Waals surface area contributed by atoms with Gasteiger partial charge in [0.05, 0.1) is 0 Å². The third-order valence-electron chi connectivity index (χ3n) is 0.191. The first-order chi connectivity index (χ1) is 5.71. The van der Waals surface area contributed by atoms with Crippen LogP contribution in [0.25, 0.3) is 0 Å². The Balaban J connectivity index is -0.000000208. The molecule has 0 aliphatic rings. The minimum absolute atomic E-state index is 0. The van der Waals surface area contributed by atoms with Gasteiger partial charge in [-0.3, -0.25) is 9.11 Å². The predicted octanol–water partition coefficient (Wildman–Crippen LogP) is -2.81. The van der Waals surface area contributed by atoms with Crippen LogP contribution >= 0.6 is 7.82 Å². The Morgan fingerprint density at radius 2 is 1.33 bits per heavy atom. The zero-order valence-electron chi connectivity index (χ0n) is 5.95. The van der Waals surface area contributed by atoms with Crippen molar-refractivity contribution in [2.45, 2.75) is 0 Å². The van der Waals surface area contributed by atoms with Crippen molar-refractivity contribution in [3.05, 3.63) is 0 Å². The van der Waals surface area contributed by atoms with Gasteiger partial charge in [-0.05, 0) is 0 Å². The molecule has 0 aromatic heterocycles. The fraction of sp³-hybridized carbons (Fsp3) is 0. The zero-order valence-corrected chi connectivity index (χ0v) is 10.6. The maximum Gasteiger partial charge on any atom is 0.394 e. The van der Waals surface area contributed by atoms with Gasteiger partial charge in [-0.1, -0.05) is 0 Å². The van der Waals surface area contributed by atoms with Gasteiger partial charge in [0, 0.05) is 0 Å². The summed E-state index contributed by atoms with van der Waals surface area (Å²) in [6.45, 7) is 0. The molecule has 0 saturated carbocycles. The molecule has 5 N–H and O–H groups in total. The Morgan fingerprint density at radius 1 is 1.13 bits per heavy atom. The van der Waals surface area contributed by atoms with Gasteiger partial charge in [0.15, 0.2) is 0 Å². The van der Waals surface area contributed by atoms with Crippen molar-refractivity contribution in [3.8, 4) is 0 Å². The van der Waals surface area contributed by atoms with Gasteiger partial charge in [-0.25, -0.2) is 0 Å². The molecule has 15 heteroatoms. The molecule has 0 atom stereocenters. The van der Waals surface area contributed by atoms with Crippen LogP contribution in [0, 0.1) is 0 Å². The maximum atomic E-state index is 9.61. The van der Waals surface area contributed by atoms with E-state index >= 15 is 0 Å². The number of phosphoric acid groups is 1. The largest absolute Gasteiger partial charge is 0.394 e. The second-order valence-corrected chi connectivity index (χ2v) is 8.15. The molecule has 0 unspecified atom stereocenters. The molecule has 92 valence electrons. The van der Waals surface area contributed by atoms with Gasteiger partial charge in [0.25, 0.3) is 0 Å². The molecule has 0 rings (SSSR count). The molecule has 0 radical (unpaired) electrons. The van der Waals surface area contributed by atoms with Crippen LogP contribution in [-0.2, 0) is 41.7 Å². The summed E-state index contributed by atoms with van der Waals surface area (Å²) < 4.78 is 71.1. The van der Waals surface area contributed by atoms with E-state index < -0.39 is 35.0 Å². The Kier molecular flexibility index (Phi) is 10.4. The smallest absolute Gasteiger partial charge is 0.264 e. The Bertz CT molecular complexity index is 388. The van der Waals surface area contributed by atoms with E-state index in [9.17, 15) is 11.4 Å². The molecule has 0 aromatic rings. The summed E-state index contributed by atoms with van der Waals surface area (Å²) >= 11 is -6.19. The van der Waals surface area contributed by atoms with Crippen molar-refractivity contribution >= 4 is 41.3 Å². The number of hydrogen-bond donors (Lipinski definition) is 5. The van der Waals surface area contributed by atoms with Crippen molar-refractivity contribution in [2.75, 3.05) is 0 Å². The third-order valence-corrected chi connectivity index (χ3v) is 4.70. The van der Waals surface area contributed by atoms with Crippen molar-refractivity contribution in [1.82, 2.24) is 0 Å². The second-order valence-electron chi connectivity index (χ2n) is 1.44. The van der Waals surface area contributed by atoms with Crippen LogP contribution in [0.15, 0.2) is 0 Å². The van der Waals surface area contributed by atoms with Crippen LogP contribution in [0.1, 0.15) is 0 Å². The molecule has 0 heterocycles. The average Bonchev–Trinajstić information content (AvgIpc) is 1.42. The van der Waals surface area contributed by atoms with Gasteiger partial charge in [0.2, 0.25) is 0 Å². The summed E-state index contributed by atoms with van der Waals surface area (Å²) in [7, 11) is -9.74. The standard InChI is InChI=1S/Mg.H3O4P.H2O4S.H2O.2O.W.2H/c;2*1-5(2,3)4;;;;;;/h;(H3,1,2,3,4);(H2,1,2,3,4);1H2;;;;;/q;;;;;;+2;;/p-2. The van der Waals surface area contributed by atoms with E-state index in [-0.39, 0.29) is 23.1 Å². The average molecular weight is 454 g/mol. The van der Waals surface area contributed by atoms with Crippen LogP contribution in [-0.4, -0.2) is 54.1 Å². The number of rotatable bonds is 2. The first-order valence-electron chi connectivity index (χ1n) is 2.15. The van der Waals surface area contributed by atoms with Crippen molar-refractivity contribution < 1.29 is 62.4 Å². The normalized spacial score (nSPS) is 12.1. The van der Waals surface area contributed by atoms with Gasteiger partial charge < -0.3 is 0 Å². The van der Waals surface area contributed by atoms with Crippen LogP contribution in [0.2, 0.25) is 0 Å². The molecule has 0 aliphatic carbocycles. The van der Waals surface area contributed by atoms with E-state index in [0.29, 0.717) is 0 Å². The third kappa shape index (κ3) is 51.8. The Hall–Kier alpha value is 0.995. The summed E-state index contributed by atoms with van der Waals surface area (Å²) in [5.41, 5.74) is 0. The first-order valence-corrected chi connectivity index (χ1v) is 9.98. The predicted molar refractivity (Wildman–Crippen MR) is 39.4 cm³/mol. The molecular formula is H7MgO11PSW. The van der Waals surface area contributed by atoms with Gasteiger partial charge >= 0.3 is 86.1 Å². The van der Waals surface area contributed by atoms with Crippen LogP contribution in [0.5, 0.6) is 0 Å². The topological polar surface area (TPSA) is 196 Å². The summed E-state index contributed by atoms with van der Waals surface area (Å²) in [5.74, 6) is 0. The van der Waals surface area contributed by atoms with Gasteiger partial charge in [-0.2, -0.15) is 8.42 Å². The molecule has 0 amide bonds. The molecule has 0 spiro atoms. The van der Waals surface area contributed by atoms with Gasteiger partial charge in [0.1, 0.15) is 0 Å². The summed E-state index contributed by atoms with van der Waals surface area (Å²) in [5, 5.41) is 0. The molecule has 0 saturated heterocycles. The van der Waals surface area contributed by atoms with Crippen LogP contribution in [0.4, 0.5) is 0 Å². The van der Waals surface area contributed by atoms with Gasteiger partial charge in [-0.15, -0.1) is 0 Å². The fourth-order valence-corrected chi connectivity index (χ4v) is 3.01. The van der Waals surface area contributed by atoms with E-state index in [2.05, 4.69) is 3.18 Å². The molecule has 0 aliphatic heterocycles. The molecule has 11 nitrogen and oxygen atoms in total. The Morgan fingerprint density at radius 3 is 1.33 bits per heavy atom. The van der Waals surface area contributed by atoms with Crippen molar-refractivity contribution in [1.29, 1.82) is 0 Å². The minimum Gasteiger partial charge on any atom is -0.264 e. The Labute approximate surface area is 103 Å². The molecule has 15 heavy (non-hydrogen) atoms. The molecule has 0 aromatic carbocycles. The van der Waals surface area contributed by atoms with E-state index in [1.165, 1.54) is 0 Å². The van der Waals surface area contributed by atoms with Crippen LogP contribution < -0.4 is 0 Å².